The molecular weight excluding hydrogens is 502 g/mol. The Hall–Kier alpha value is -2.48. The van der Waals surface area contributed by atoms with Crippen LogP contribution in [0.4, 0.5) is 0 Å². The summed E-state index contributed by atoms with van der Waals surface area (Å²) in [6.07, 6.45) is 0. The van der Waals surface area contributed by atoms with E-state index in [0.717, 1.165) is 32.0 Å². The van der Waals surface area contributed by atoms with Crippen LogP contribution in [0.1, 0.15) is 13.8 Å². The Kier molecular flexibility index (Phi) is 6.59. The maximum Gasteiger partial charge on any atom is 0.111 e. The number of azo groups is 1. The van der Waals surface area contributed by atoms with Gasteiger partial charge in [0.2, 0.25) is 0 Å². The first-order chi connectivity index (χ1) is 16.9. The van der Waals surface area contributed by atoms with E-state index < -0.39 is 17.6 Å². The van der Waals surface area contributed by atoms with E-state index in [4.69, 9.17) is 33.8 Å². The van der Waals surface area contributed by atoms with Crippen molar-refractivity contribution in [1.29, 1.82) is 0 Å². The van der Waals surface area contributed by atoms with Crippen molar-refractivity contribution in [2.45, 2.75) is 19.4 Å². The molecule has 0 unspecified atom stereocenters. The lowest BCUT2D eigenvalue weighted by Crippen LogP contribution is -2.28. The quantitative estimate of drug-likeness (QED) is 0.262. The van der Waals surface area contributed by atoms with Crippen molar-refractivity contribution in [2.75, 3.05) is 0 Å². The molecule has 0 N–H and O–H groups in total. The summed E-state index contributed by atoms with van der Waals surface area (Å²) in [7, 11) is 0. The number of hydrogen-bond acceptors (Lipinski definition) is 4. The second kappa shape index (κ2) is 9.52. The standard InChI is InChI=1S/C29H26N2P2S2/c1-29(2)27(32(34,23-15-7-3-8-16-23)24-17-9-4-10-18-24)28(30-31-29)33(35,25-19-11-5-12-20-25)26-21-13-6-14-22-26/h3-22H,1-2H3. The van der Waals surface area contributed by atoms with E-state index in [9.17, 15) is 0 Å². The topological polar surface area (TPSA) is 24.7 Å². The first kappa shape index (κ1) is 24.2. The summed E-state index contributed by atoms with van der Waals surface area (Å²) in [5.74, 6) is 0. The summed E-state index contributed by atoms with van der Waals surface area (Å²) in [5, 5.41) is 15.3. The van der Waals surface area contributed by atoms with Crippen molar-refractivity contribution in [2.24, 2.45) is 10.2 Å². The van der Waals surface area contributed by atoms with Gasteiger partial charge >= 0.3 is 0 Å². The van der Waals surface area contributed by atoms with Gasteiger partial charge in [-0.2, -0.15) is 10.2 Å². The molecule has 4 aromatic rings. The normalized spacial score (nSPS) is 15.4. The Morgan fingerprint density at radius 2 is 0.829 bits per heavy atom. The molecule has 5 rings (SSSR count). The van der Waals surface area contributed by atoms with Crippen molar-refractivity contribution >= 4 is 56.9 Å². The van der Waals surface area contributed by atoms with E-state index in [2.05, 4.69) is 111 Å². The predicted octanol–water partition coefficient (Wildman–Crippen LogP) is 6.66. The SMILES string of the molecule is CC1(C)N=NC(P(=S)(c2ccccc2)c2ccccc2)=C1P(=S)(c1ccccc1)c1ccccc1. The largest absolute Gasteiger partial charge is 0.177 e. The molecule has 0 saturated heterocycles. The molecule has 1 aliphatic rings. The first-order valence-electron chi connectivity index (χ1n) is 11.5. The molecule has 0 aliphatic carbocycles. The summed E-state index contributed by atoms with van der Waals surface area (Å²) < 4.78 is 0. The molecule has 6 heteroatoms. The van der Waals surface area contributed by atoms with Crippen molar-refractivity contribution in [3.05, 3.63) is 132 Å². The zero-order chi connectivity index (χ0) is 24.5. The van der Waals surface area contributed by atoms with Crippen LogP contribution in [-0.4, -0.2) is 5.54 Å². The van der Waals surface area contributed by atoms with Gasteiger partial charge in [0.25, 0.3) is 0 Å². The highest BCUT2D eigenvalue weighted by atomic mass is 32.4. The zero-order valence-electron chi connectivity index (χ0n) is 19.7. The van der Waals surface area contributed by atoms with Crippen LogP contribution in [0.2, 0.25) is 0 Å². The van der Waals surface area contributed by atoms with Gasteiger partial charge in [-0.25, -0.2) is 0 Å². The highest BCUT2D eigenvalue weighted by molar-refractivity contribution is 8.26. The van der Waals surface area contributed by atoms with Crippen LogP contribution < -0.4 is 21.2 Å². The molecular formula is C29H26N2P2S2. The molecule has 0 saturated carbocycles. The van der Waals surface area contributed by atoms with Gasteiger partial charge in [-0.3, -0.25) is 0 Å². The minimum absolute atomic E-state index is 0.565. The highest BCUT2D eigenvalue weighted by Crippen LogP contribution is 2.68. The lowest BCUT2D eigenvalue weighted by molar-refractivity contribution is 0.634. The van der Waals surface area contributed by atoms with Crippen molar-refractivity contribution < 1.29 is 0 Å². The Morgan fingerprint density at radius 3 is 1.17 bits per heavy atom. The summed E-state index contributed by atoms with van der Waals surface area (Å²) in [6.45, 7) is 4.25. The number of hydrogen-bond donors (Lipinski definition) is 0. The van der Waals surface area contributed by atoms with E-state index >= 15 is 0 Å². The monoisotopic (exact) mass is 528 g/mol. The molecule has 1 heterocycles. The number of rotatable bonds is 6. The van der Waals surface area contributed by atoms with Gasteiger partial charge in [-0.15, -0.1) is 0 Å². The highest BCUT2D eigenvalue weighted by Gasteiger charge is 2.46. The van der Waals surface area contributed by atoms with Crippen LogP contribution >= 0.6 is 12.1 Å². The average Bonchev–Trinajstić information content (AvgIpc) is 3.25. The lowest BCUT2D eigenvalue weighted by Gasteiger charge is -2.34. The van der Waals surface area contributed by atoms with Gasteiger partial charge in [-0.1, -0.05) is 145 Å². The molecule has 0 spiro atoms. The summed E-state index contributed by atoms with van der Waals surface area (Å²) in [6, 6.07) is 36.8. The van der Waals surface area contributed by atoms with Gasteiger partial charge in [0.1, 0.15) is 11.0 Å². The molecule has 0 radical (unpaired) electrons. The molecule has 0 aromatic heterocycles. The number of benzene rings is 4. The maximum absolute atomic E-state index is 6.79. The van der Waals surface area contributed by atoms with Crippen LogP contribution in [0.5, 0.6) is 0 Å². The molecule has 174 valence electrons. The summed E-state index contributed by atoms with van der Waals surface area (Å²) >= 11 is 13.5. The van der Waals surface area contributed by atoms with E-state index in [0.29, 0.717) is 0 Å². The molecule has 0 fully saturated rings. The maximum atomic E-state index is 6.79. The first-order valence-corrected chi connectivity index (χ1v) is 17.1. The van der Waals surface area contributed by atoms with E-state index in [1.165, 1.54) is 0 Å². The predicted molar refractivity (Wildman–Crippen MR) is 159 cm³/mol. The van der Waals surface area contributed by atoms with Gasteiger partial charge in [0.15, 0.2) is 0 Å². The van der Waals surface area contributed by atoms with Gasteiger partial charge in [-0.05, 0) is 35.1 Å². The Balaban J connectivity index is 1.92. The minimum Gasteiger partial charge on any atom is -0.177 e. The van der Waals surface area contributed by atoms with E-state index in [-0.39, 0.29) is 0 Å². The molecule has 1 aliphatic heterocycles. The van der Waals surface area contributed by atoms with Crippen LogP contribution in [0.15, 0.2) is 142 Å². The van der Waals surface area contributed by atoms with Gasteiger partial charge in [0.05, 0.1) is 6.04 Å². The van der Waals surface area contributed by atoms with E-state index in [1.54, 1.807) is 0 Å². The van der Waals surface area contributed by atoms with Crippen LogP contribution in [0.25, 0.3) is 0 Å². The second-order valence-electron chi connectivity index (χ2n) is 8.99. The van der Waals surface area contributed by atoms with Gasteiger partial charge in [0, 0.05) is 11.4 Å². The van der Waals surface area contributed by atoms with E-state index in [1.807, 2.05) is 24.3 Å². The fraction of sp³-hybridized carbons (Fsp3) is 0.103. The van der Waals surface area contributed by atoms with Gasteiger partial charge < -0.3 is 0 Å². The smallest absolute Gasteiger partial charge is 0.111 e. The zero-order valence-corrected chi connectivity index (χ0v) is 23.1. The van der Waals surface area contributed by atoms with Crippen LogP contribution in [0, 0.1) is 0 Å². The third-order valence-electron chi connectivity index (χ3n) is 6.28. The lowest BCUT2D eigenvalue weighted by atomic mass is 10.1. The summed E-state index contributed by atoms with van der Waals surface area (Å²) in [4.78, 5) is 0. The third kappa shape index (κ3) is 4.13. The molecule has 0 bridgehead atoms. The minimum atomic E-state index is -2.53. The fourth-order valence-electron chi connectivity index (χ4n) is 4.63. The second-order valence-corrected chi connectivity index (χ2v) is 17.7. The molecule has 4 aromatic carbocycles. The third-order valence-corrected chi connectivity index (χ3v) is 16.5. The van der Waals surface area contributed by atoms with Crippen LogP contribution in [0.3, 0.4) is 0 Å². The molecule has 0 amide bonds. The molecule has 35 heavy (non-hydrogen) atoms. The Morgan fingerprint density at radius 1 is 0.514 bits per heavy atom. The summed E-state index contributed by atoms with van der Waals surface area (Å²) in [5.41, 5.74) is 0.329. The number of nitrogens with zero attached hydrogens (tertiary/aromatic N) is 2. The van der Waals surface area contributed by atoms with Crippen LogP contribution in [-0.2, 0) is 23.6 Å². The van der Waals surface area contributed by atoms with Crippen molar-refractivity contribution in [3.8, 4) is 0 Å². The average molecular weight is 529 g/mol. The fourth-order valence-corrected chi connectivity index (χ4v) is 14.6. The molecule has 2 nitrogen and oxygen atoms in total. The van der Waals surface area contributed by atoms with Crippen molar-refractivity contribution in [3.63, 3.8) is 0 Å². The Labute approximate surface area is 217 Å². The van der Waals surface area contributed by atoms with Crippen molar-refractivity contribution in [1.82, 2.24) is 0 Å². The Bertz CT molecular complexity index is 1410. The molecule has 0 atom stereocenters.